The minimum absolute atomic E-state index is 0. The Hall–Kier alpha value is -3.87. The number of hydrogen-bond acceptors (Lipinski definition) is 6. The number of nitrogens with one attached hydrogen (secondary N) is 1. The molecular formula is C27H29NO6. The summed E-state index contributed by atoms with van der Waals surface area (Å²) in [5.74, 6) is 3.07. The quantitative estimate of drug-likeness (QED) is 0.510. The third-order valence-corrected chi connectivity index (χ3v) is 6.58. The molecule has 0 saturated heterocycles. The van der Waals surface area contributed by atoms with Gasteiger partial charge in [-0.25, -0.2) is 0 Å². The van der Waals surface area contributed by atoms with Gasteiger partial charge >= 0.3 is 0 Å². The Morgan fingerprint density at radius 3 is 2.26 bits per heavy atom. The fraction of sp³-hybridized carbons (Fsp3) is 0.296. The van der Waals surface area contributed by atoms with Gasteiger partial charge in [-0.05, 0) is 78.4 Å². The van der Waals surface area contributed by atoms with Gasteiger partial charge < -0.3 is 29.0 Å². The SMILES string of the molecule is COc1cc(-c2cc(NC(=O)C3(c4ccc5c(c4)OCO5)CC3)ccc2C)cc(OC)c1OC.[HH]. The van der Waals surface area contributed by atoms with E-state index in [1.54, 1.807) is 21.3 Å². The average molecular weight is 464 g/mol. The summed E-state index contributed by atoms with van der Waals surface area (Å²) < 4.78 is 27.4. The Kier molecular flexibility index (Phi) is 5.48. The number of carbonyl (C=O) groups is 1. The van der Waals surface area contributed by atoms with E-state index in [-0.39, 0.29) is 14.1 Å². The number of fused-ring (bicyclic) bond motifs is 1. The van der Waals surface area contributed by atoms with Crippen LogP contribution in [0, 0.1) is 6.92 Å². The first-order valence-corrected chi connectivity index (χ1v) is 11.1. The summed E-state index contributed by atoms with van der Waals surface area (Å²) in [6, 6.07) is 15.5. The highest BCUT2D eigenvalue weighted by molar-refractivity contribution is 6.02. The molecule has 5 rings (SSSR count). The van der Waals surface area contributed by atoms with Crippen molar-refractivity contribution >= 4 is 11.6 Å². The van der Waals surface area contributed by atoms with Crippen LogP contribution in [0.25, 0.3) is 11.1 Å². The molecule has 1 heterocycles. The molecule has 1 amide bonds. The van der Waals surface area contributed by atoms with Crippen LogP contribution in [-0.2, 0) is 10.2 Å². The van der Waals surface area contributed by atoms with E-state index in [1.165, 1.54) is 0 Å². The molecule has 2 aliphatic rings. The van der Waals surface area contributed by atoms with Crippen molar-refractivity contribution in [1.82, 2.24) is 0 Å². The van der Waals surface area contributed by atoms with E-state index < -0.39 is 5.41 Å². The van der Waals surface area contributed by atoms with Gasteiger partial charge in [0.2, 0.25) is 18.4 Å². The number of rotatable bonds is 7. The van der Waals surface area contributed by atoms with Crippen LogP contribution in [-0.4, -0.2) is 34.0 Å². The van der Waals surface area contributed by atoms with Crippen molar-refractivity contribution in [2.75, 3.05) is 33.4 Å². The fourth-order valence-electron chi connectivity index (χ4n) is 4.46. The monoisotopic (exact) mass is 463 g/mol. The lowest BCUT2D eigenvalue weighted by Gasteiger charge is -2.18. The fourth-order valence-corrected chi connectivity index (χ4v) is 4.46. The van der Waals surface area contributed by atoms with Crippen molar-refractivity contribution in [3.05, 3.63) is 59.7 Å². The number of anilines is 1. The van der Waals surface area contributed by atoms with Crippen LogP contribution in [0.15, 0.2) is 48.5 Å². The van der Waals surface area contributed by atoms with E-state index in [4.69, 9.17) is 23.7 Å². The van der Waals surface area contributed by atoms with Crippen LogP contribution in [0.1, 0.15) is 25.4 Å². The molecule has 1 N–H and O–H groups in total. The number of hydrogen-bond donors (Lipinski definition) is 1. The van der Waals surface area contributed by atoms with E-state index >= 15 is 0 Å². The minimum Gasteiger partial charge on any atom is -0.493 e. The summed E-state index contributed by atoms with van der Waals surface area (Å²) in [4.78, 5) is 13.4. The summed E-state index contributed by atoms with van der Waals surface area (Å²) in [5.41, 5.74) is 4.06. The molecule has 0 radical (unpaired) electrons. The first kappa shape index (κ1) is 21.9. The Balaban J connectivity index is 0.00000289. The van der Waals surface area contributed by atoms with Crippen molar-refractivity contribution in [2.24, 2.45) is 0 Å². The standard InChI is InChI=1S/C27H27NO6.H2/c1-16-5-7-19(14-20(16)17-11-23(30-2)25(32-4)24(12-17)31-3)28-26(29)27(9-10-27)18-6-8-21-22(13-18)34-15-33-21;/h5-8,11-14H,9-10,15H2,1-4H3,(H,28,29);1H. The zero-order chi connectivity index (χ0) is 23.9. The van der Waals surface area contributed by atoms with Crippen LogP contribution < -0.4 is 29.0 Å². The molecule has 0 aromatic heterocycles. The van der Waals surface area contributed by atoms with Gasteiger partial charge in [0.05, 0.1) is 26.7 Å². The topological polar surface area (TPSA) is 75.3 Å². The number of aryl methyl sites for hydroxylation is 1. The Bertz CT molecular complexity index is 1250. The van der Waals surface area contributed by atoms with Crippen LogP contribution in [0.2, 0.25) is 0 Å². The van der Waals surface area contributed by atoms with Crippen LogP contribution >= 0.6 is 0 Å². The van der Waals surface area contributed by atoms with E-state index in [9.17, 15) is 4.79 Å². The molecule has 7 heteroatoms. The Morgan fingerprint density at radius 1 is 0.912 bits per heavy atom. The lowest BCUT2D eigenvalue weighted by Crippen LogP contribution is -2.27. The molecule has 1 aliphatic carbocycles. The molecule has 178 valence electrons. The summed E-state index contributed by atoms with van der Waals surface area (Å²) in [6.45, 7) is 2.24. The third-order valence-electron chi connectivity index (χ3n) is 6.58. The molecule has 1 saturated carbocycles. The van der Waals surface area contributed by atoms with Crippen LogP contribution in [0.3, 0.4) is 0 Å². The summed E-state index contributed by atoms with van der Waals surface area (Å²) in [6.07, 6.45) is 1.59. The molecule has 7 nitrogen and oxygen atoms in total. The van der Waals surface area contributed by atoms with E-state index in [0.29, 0.717) is 28.7 Å². The second kappa shape index (κ2) is 8.48. The van der Waals surface area contributed by atoms with Gasteiger partial charge in [0.25, 0.3) is 0 Å². The second-order valence-corrected chi connectivity index (χ2v) is 8.55. The van der Waals surface area contributed by atoms with Crippen molar-refractivity contribution in [3.8, 4) is 39.9 Å². The van der Waals surface area contributed by atoms with E-state index in [2.05, 4.69) is 5.32 Å². The largest absolute Gasteiger partial charge is 0.493 e. The molecule has 0 atom stereocenters. The third kappa shape index (κ3) is 3.67. The number of benzene rings is 3. The second-order valence-electron chi connectivity index (χ2n) is 8.55. The van der Waals surface area contributed by atoms with Gasteiger partial charge in [0.15, 0.2) is 23.0 Å². The van der Waals surface area contributed by atoms with Gasteiger partial charge in [0, 0.05) is 7.11 Å². The molecule has 0 spiro atoms. The van der Waals surface area contributed by atoms with E-state index in [0.717, 1.165) is 40.8 Å². The maximum Gasteiger partial charge on any atom is 0.235 e. The molecule has 3 aromatic carbocycles. The molecular weight excluding hydrogens is 434 g/mol. The molecule has 1 aliphatic heterocycles. The van der Waals surface area contributed by atoms with Crippen LogP contribution in [0.4, 0.5) is 5.69 Å². The number of ether oxygens (including phenoxy) is 5. The maximum atomic E-state index is 13.4. The first-order valence-electron chi connectivity index (χ1n) is 11.1. The van der Waals surface area contributed by atoms with Crippen molar-refractivity contribution in [3.63, 3.8) is 0 Å². The first-order chi connectivity index (χ1) is 16.5. The lowest BCUT2D eigenvalue weighted by molar-refractivity contribution is -0.118. The molecule has 1 fully saturated rings. The van der Waals surface area contributed by atoms with Gasteiger partial charge in [-0.15, -0.1) is 0 Å². The smallest absolute Gasteiger partial charge is 0.235 e. The summed E-state index contributed by atoms with van der Waals surface area (Å²) in [7, 11) is 4.76. The predicted octanol–water partition coefficient (Wildman–Crippen LogP) is 5.33. The van der Waals surface area contributed by atoms with Crippen molar-refractivity contribution in [1.29, 1.82) is 0 Å². The Morgan fingerprint density at radius 2 is 1.62 bits per heavy atom. The predicted molar refractivity (Wildman–Crippen MR) is 130 cm³/mol. The molecule has 0 bridgehead atoms. The highest BCUT2D eigenvalue weighted by Gasteiger charge is 2.51. The molecule has 3 aromatic rings. The van der Waals surface area contributed by atoms with Gasteiger partial charge in [0.1, 0.15) is 0 Å². The number of carbonyl (C=O) groups excluding carboxylic acids is 1. The van der Waals surface area contributed by atoms with E-state index in [1.807, 2.05) is 55.5 Å². The molecule has 0 unspecified atom stereocenters. The maximum absolute atomic E-state index is 13.4. The molecule has 34 heavy (non-hydrogen) atoms. The number of amides is 1. The highest BCUT2D eigenvalue weighted by atomic mass is 16.7. The highest BCUT2D eigenvalue weighted by Crippen LogP contribution is 2.51. The van der Waals surface area contributed by atoms with Gasteiger partial charge in [-0.2, -0.15) is 0 Å². The Labute approximate surface area is 200 Å². The zero-order valence-corrected chi connectivity index (χ0v) is 19.7. The average Bonchev–Trinajstić information content (AvgIpc) is 3.54. The minimum atomic E-state index is -0.543. The number of methoxy groups -OCH3 is 3. The van der Waals surface area contributed by atoms with Gasteiger partial charge in [-0.1, -0.05) is 12.1 Å². The zero-order valence-electron chi connectivity index (χ0n) is 19.7. The van der Waals surface area contributed by atoms with Crippen molar-refractivity contribution in [2.45, 2.75) is 25.2 Å². The summed E-state index contributed by atoms with van der Waals surface area (Å²) >= 11 is 0. The van der Waals surface area contributed by atoms with Crippen molar-refractivity contribution < 1.29 is 29.9 Å². The summed E-state index contributed by atoms with van der Waals surface area (Å²) in [5, 5.41) is 3.13. The van der Waals surface area contributed by atoms with Gasteiger partial charge in [-0.3, -0.25) is 4.79 Å². The van der Waals surface area contributed by atoms with Crippen LogP contribution in [0.5, 0.6) is 28.7 Å². The normalized spacial score (nSPS) is 14.9. The lowest BCUT2D eigenvalue weighted by atomic mass is 9.94.